The molecule has 1 atom stereocenters. The Bertz CT molecular complexity index is 563. The quantitative estimate of drug-likeness (QED) is 0.927. The molecule has 5 heteroatoms. The summed E-state index contributed by atoms with van der Waals surface area (Å²) in [5.41, 5.74) is -0.259. The molecule has 1 unspecified atom stereocenters. The van der Waals surface area contributed by atoms with Gasteiger partial charge >= 0.3 is 0 Å². The highest BCUT2D eigenvalue weighted by molar-refractivity contribution is 7.07. The first kappa shape index (κ1) is 14.6. The summed E-state index contributed by atoms with van der Waals surface area (Å²) in [6.45, 7) is 6.15. The van der Waals surface area contributed by atoms with Gasteiger partial charge in [0.05, 0.1) is 0 Å². The highest BCUT2D eigenvalue weighted by Gasteiger charge is 2.57. The standard InChI is InChI=1S/C16H22N2O2S/c1-15(2)13(19)17-16(3,12-4-5-12)14(20)18(15)8-6-11-7-9-21-10-11/h7,9-10,12H,4-6,8H2,1-3H3,(H,17,19). The molecule has 0 radical (unpaired) electrons. The lowest BCUT2D eigenvalue weighted by molar-refractivity contribution is -0.161. The molecular weight excluding hydrogens is 284 g/mol. The van der Waals surface area contributed by atoms with Crippen LogP contribution in [0.2, 0.25) is 0 Å². The number of rotatable bonds is 4. The van der Waals surface area contributed by atoms with Crippen molar-refractivity contribution in [2.45, 2.75) is 51.1 Å². The molecular formula is C16H22N2O2S. The predicted molar refractivity (Wildman–Crippen MR) is 83.1 cm³/mol. The Morgan fingerprint density at radius 3 is 2.62 bits per heavy atom. The van der Waals surface area contributed by atoms with Gasteiger partial charge in [-0.1, -0.05) is 0 Å². The van der Waals surface area contributed by atoms with Gasteiger partial charge < -0.3 is 10.2 Å². The molecule has 114 valence electrons. The van der Waals surface area contributed by atoms with E-state index in [0.29, 0.717) is 12.5 Å². The fourth-order valence-corrected chi connectivity index (χ4v) is 3.80. The minimum absolute atomic E-state index is 0.0400. The first-order valence-electron chi connectivity index (χ1n) is 7.51. The second-order valence-corrected chi connectivity index (χ2v) is 7.61. The van der Waals surface area contributed by atoms with Crippen LogP contribution in [-0.4, -0.2) is 34.3 Å². The summed E-state index contributed by atoms with van der Waals surface area (Å²) in [7, 11) is 0. The van der Waals surface area contributed by atoms with Crippen LogP contribution in [0.25, 0.3) is 0 Å². The molecule has 0 aromatic carbocycles. The summed E-state index contributed by atoms with van der Waals surface area (Å²) in [5.74, 6) is 0.334. The molecule has 4 nitrogen and oxygen atoms in total. The summed E-state index contributed by atoms with van der Waals surface area (Å²) < 4.78 is 0. The zero-order valence-electron chi connectivity index (χ0n) is 12.8. The number of hydrogen-bond acceptors (Lipinski definition) is 3. The molecule has 1 aromatic rings. The van der Waals surface area contributed by atoms with E-state index in [1.807, 2.05) is 26.2 Å². The number of hydrogen-bond donors (Lipinski definition) is 1. The number of amides is 2. The highest BCUT2D eigenvalue weighted by atomic mass is 32.1. The van der Waals surface area contributed by atoms with E-state index in [9.17, 15) is 9.59 Å². The monoisotopic (exact) mass is 306 g/mol. The van der Waals surface area contributed by atoms with Gasteiger partial charge in [0.1, 0.15) is 11.1 Å². The average molecular weight is 306 g/mol. The fourth-order valence-electron chi connectivity index (χ4n) is 3.09. The third-order valence-electron chi connectivity index (χ3n) is 4.89. The van der Waals surface area contributed by atoms with Crippen molar-refractivity contribution in [3.05, 3.63) is 22.4 Å². The Kier molecular flexibility index (Phi) is 3.35. The van der Waals surface area contributed by atoms with Crippen molar-refractivity contribution in [3.63, 3.8) is 0 Å². The van der Waals surface area contributed by atoms with Crippen LogP contribution in [0.5, 0.6) is 0 Å². The van der Waals surface area contributed by atoms with Crippen LogP contribution in [0.1, 0.15) is 39.2 Å². The number of nitrogens with zero attached hydrogens (tertiary/aromatic N) is 1. The van der Waals surface area contributed by atoms with Gasteiger partial charge in [0, 0.05) is 6.54 Å². The van der Waals surface area contributed by atoms with Crippen LogP contribution < -0.4 is 5.32 Å². The van der Waals surface area contributed by atoms with Crippen LogP contribution in [0, 0.1) is 5.92 Å². The molecule has 0 spiro atoms. The summed E-state index contributed by atoms with van der Waals surface area (Å²) in [5, 5.41) is 7.13. The molecule has 2 aliphatic rings. The maximum Gasteiger partial charge on any atom is 0.249 e. The van der Waals surface area contributed by atoms with E-state index in [-0.39, 0.29) is 11.8 Å². The summed E-state index contributed by atoms with van der Waals surface area (Å²) in [4.78, 5) is 27.2. The lowest BCUT2D eigenvalue weighted by Gasteiger charge is -2.49. The average Bonchev–Trinajstić information content (AvgIpc) is 3.16. The zero-order chi connectivity index (χ0) is 15.3. The third kappa shape index (κ3) is 2.37. The second kappa shape index (κ2) is 4.83. The largest absolute Gasteiger partial charge is 0.340 e. The van der Waals surface area contributed by atoms with Crippen molar-refractivity contribution < 1.29 is 9.59 Å². The number of thiophene rings is 1. The van der Waals surface area contributed by atoms with Gasteiger partial charge in [-0.25, -0.2) is 0 Å². The molecule has 1 aliphatic heterocycles. The van der Waals surface area contributed by atoms with Gasteiger partial charge in [-0.05, 0) is 68.3 Å². The van der Waals surface area contributed by atoms with E-state index in [1.54, 1.807) is 16.2 Å². The summed E-state index contributed by atoms with van der Waals surface area (Å²) >= 11 is 1.66. The third-order valence-corrected chi connectivity index (χ3v) is 5.62. The zero-order valence-corrected chi connectivity index (χ0v) is 13.6. The Morgan fingerprint density at radius 1 is 1.33 bits per heavy atom. The van der Waals surface area contributed by atoms with Gasteiger partial charge in [-0.15, -0.1) is 0 Å². The minimum Gasteiger partial charge on any atom is -0.340 e. The van der Waals surface area contributed by atoms with E-state index < -0.39 is 11.1 Å². The molecule has 1 aliphatic carbocycles. The maximum absolute atomic E-state index is 13.0. The van der Waals surface area contributed by atoms with E-state index in [0.717, 1.165) is 19.3 Å². The minimum atomic E-state index is -0.776. The van der Waals surface area contributed by atoms with Gasteiger partial charge in [-0.3, -0.25) is 9.59 Å². The van der Waals surface area contributed by atoms with Crippen molar-refractivity contribution in [1.82, 2.24) is 10.2 Å². The fraction of sp³-hybridized carbons (Fsp3) is 0.625. The Balaban J connectivity index is 1.83. The van der Waals surface area contributed by atoms with E-state index in [2.05, 4.69) is 16.8 Å². The van der Waals surface area contributed by atoms with Crippen LogP contribution >= 0.6 is 11.3 Å². The van der Waals surface area contributed by atoms with Gasteiger partial charge in [-0.2, -0.15) is 11.3 Å². The molecule has 0 bridgehead atoms. The van der Waals surface area contributed by atoms with Crippen molar-refractivity contribution in [2.24, 2.45) is 5.92 Å². The molecule has 2 amide bonds. The number of nitrogens with one attached hydrogen (secondary N) is 1. The molecule has 2 fully saturated rings. The van der Waals surface area contributed by atoms with E-state index in [1.165, 1.54) is 5.56 Å². The van der Waals surface area contributed by atoms with E-state index >= 15 is 0 Å². The predicted octanol–water partition coefficient (Wildman–Crippen LogP) is 2.20. The molecule has 2 heterocycles. The van der Waals surface area contributed by atoms with Crippen LogP contribution in [0.4, 0.5) is 0 Å². The second-order valence-electron chi connectivity index (χ2n) is 6.83. The van der Waals surface area contributed by atoms with Gasteiger partial charge in [0.15, 0.2) is 0 Å². The Labute approximate surface area is 129 Å². The van der Waals surface area contributed by atoms with Crippen molar-refractivity contribution >= 4 is 23.2 Å². The molecule has 1 N–H and O–H groups in total. The van der Waals surface area contributed by atoms with Crippen LogP contribution in [0.15, 0.2) is 16.8 Å². The Hall–Kier alpha value is -1.36. The van der Waals surface area contributed by atoms with Gasteiger partial charge in [0.25, 0.3) is 0 Å². The lowest BCUT2D eigenvalue weighted by atomic mass is 9.85. The first-order valence-corrected chi connectivity index (χ1v) is 8.46. The highest BCUT2D eigenvalue weighted by Crippen LogP contribution is 2.43. The Morgan fingerprint density at radius 2 is 2.05 bits per heavy atom. The number of carbonyl (C=O) groups excluding carboxylic acids is 2. The van der Waals surface area contributed by atoms with Crippen molar-refractivity contribution in [3.8, 4) is 0 Å². The van der Waals surface area contributed by atoms with E-state index in [4.69, 9.17) is 0 Å². The normalized spacial score (nSPS) is 28.6. The molecule has 1 aromatic heterocycles. The topological polar surface area (TPSA) is 49.4 Å². The summed E-state index contributed by atoms with van der Waals surface area (Å²) in [6, 6.07) is 2.08. The van der Waals surface area contributed by atoms with Crippen molar-refractivity contribution in [2.75, 3.05) is 6.54 Å². The van der Waals surface area contributed by atoms with Gasteiger partial charge in [0.2, 0.25) is 11.8 Å². The van der Waals surface area contributed by atoms with Crippen LogP contribution in [0.3, 0.4) is 0 Å². The molecule has 3 rings (SSSR count). The molecule has 21 heavy (non-hydrogen) atoms. The summed E-state index contributed by atoms with van der Waals surface area (Å²) in [6.07, 6.45) is 2.86. The van der Waals surface area contributed by atoms with Crippen LogP contribution in [-0.2, 0) is 16.0 Å². The number of piperazine rings is 1. The lowest BCUT2D eigenvalue weighted by Crippen LogP contribution is -2.74. The van der Waals surface area contributed by atoms with Crippen molar-refractivity contribution in [1.29, 1.82) is 0 Å². The smallest absolute Gasteiger partial charge is 0.249 e. The maximum atomic E-state index is 13.0. The number of carbonyl (C=O) groups is 2. The molecule has 1 saturated heterocycles. The molecule has 1 saturated carbocycles. The SMILES string of the molecule is CC1(C2CC2)NC(=O)C(C)(C)N(CCc2ccsc2)C1=O. The first-order chi connectivity index (χ1) is 9.85.